The van der Waals surface area contributed by atoms with E-state index in [0.717, 1.165) is 37.9 Å². The Labute approximate surface area is 237 Å². The molecule has 8 heteroatoms. The van der Waals surface area contributed by atoms with E-state index in [1.165, 1.54) is 37.6 Å². The molecule has 0 aromatic heterocycles. The molecule has 38 heavy (non-hydrogen) atoms. The summed E-state index contributed by atoms with van der Waals surface area (Å²) in [5.41, 5.74) is 3.38. The molecule has 2 aromatic rings. The van der Waals surface area contributed by atoms with Gasteiger partial charge in [-0.25, -0.2) is 4.79 Å². The van der Waals surface area contributed by atoms with E-state index >= 15 is 0 Å². The molecule has 208 valence electrons. The van der Waals surface area contributed by atoms with E-state index in [1.807, 2.05) is 24.3 Å². The number of unbranched alkanes of at least 4 members (excludes halogenated alkanes) is 1. The number of para-hydroxylation sites is 1. The molecule has 0 aliphatic carbocycles. The zero-order valence-corrected chi connectivity index (χ0v) is 24.0. The average molecular weight is 564 g/mol. The van der Waals surface area contributed by atoms with Gasteiger partial charge >= 0.3 is 5.97 Å². The second-order valence-corrected chi connectivity index (χ2v) is 11.3. The minimum absolute atomic E-state index is 0.0100. The average Bonchev–Trinajstić information content (AvgIpc) is 2.94. The van der Waals surface area contributed by atoms with E-state index < -0.39 is 10.3 Å². The number of benzene rings is 2. The summed E-state index contributed by atoms with van der Waals surface area (Å²) in [5.74, 6) is 0.0187. The van der Waals surface area contributed by atoms with Crippen molar-refractivity contribution in [2.24, 2.45) is 0 Å². The van der Waals surface area contributed by atoms with Gasteiger partial charge in [-0.1, -0.05) is 73.3 Å². The molecule has 3 rings (SSSR count). The molecule has 1 amide bonds. The second-order valence-electron chi connectivity index (χ2n) is 9.84. The Morgan fingerprint density at radius 2 is 1.74 bits per heavy atom. The number of alkyl halides is 2. The van der Waals surface area contributed by atoms with E-state index in [4.69, 9.17) is 27.9 Å². The first kappa shape index (κ1) is 30.1. The Kier molecular flexibility index (Phi) is 12.1. The normalized spacial score (nSPS) is 14.6. The van der Waals surface area contributed by atoms with Crippen molar-refractivity contribution in [2.45, 2.75) is 75.1 Å². The maximum Gasteiger partial charge on any atom is 0.342 e. The number of ether oxygens (including phenoxy) is 2. The second kappa shape index (κ2) is 15.2. The Morgan fingerprint density at radius 3 is 2.42 bits per heavy atom. The quantitative estimate of drug-likeness (QED) is 0.156. The Bertz CT molecular complexity index is 1020. The fourth-order valence-corrected chi connectivity index (χ4v) is 5.21. The number of piperidine rings is 1. The molecule has 1 aliphatic rings. The lowest BCUT2D eigenvalue weighted by molar-refractivity contribution is -0.141. The third kappa shape index (κ3) is 9.09. The summed E-state index contributed by atoms with van der Waals surface area (Å²) in [4.78, 5) is 27.1. The molecule has 6 nitrogen and oxygen atoms in total. The van der Waals surface area contributed by atoms with Crippen molar-refractivity contribution in [2.75, 3.05) is 31.7 Å². The highest BCUT2D eigenvalue weighted by molar-refractivity contribution is 6.57. The van der Waals surface area contributed by atoms with Gasteiger partial charge in [-0.05, 0) is 67.9 Å². The van der Waals surface area contributed by atoms with Crippen LogP contribution in [0.3, 0.4) is 0 Å². The molecular weight excluding hydrogens is 523 g/mol. The summed E-state index contributed by atoms with van der Waals surface area (Å²) in [7, 11) is 1.25. The van der Waals surface area contributed by atoms with Gasteiger partial charge in [-0.15, -0.1) is 0 Å². The monoisotopic (exact) mass is 562 g/mol. The maximum absolute atomic E-state index is 13.1. The molecule has 1 atom stereocenters. The molecule has 1 heterocycles. The van der Waals surface area contributed by atoms with Gasteiger partial charge in [0.25, 0.3) is 0 Å². The van der Waals surface area contributed by atoms with Gasteiger partial charge in [-0.3, -0.25) is 4.79 Å². The number of carbonyl (C=O) groups excluding carboxylic acids is 2. The van der Waals surface area contributed by atoms with Crippen molar-refractivity contribution in [1.82, 2.24) is 5.32 Å². The molecule has 1 unspecified atom stereocenters. The fraction of sp³-hybridized carbons (Fsp3) is 0.533. The Hall–Kier alpha value is -2.44. The molecule has 1 saturated heterocycles. The predicted molar refractivity (Wildman–Crippen MR) is 154 cm³/mol. The fourth-order valence-electron chi connectivity index (χ4n) is 4.79. The van der Waals surface area contributed by atoms with Crippen LogP contribution >= 0.6 is 23.2 Å². The van der Waals surface area contributed by atoms with Crippen LogP contribution in [0.1, 0.15) is 75.5 Å². The number of esters is 1. The molecule has 0 radical (unpaired) electrons. The van der Waals surface area contributed by atoms with Crippen LogP contribution in [0.2, 0.25) is 0 Å². The molecule has 1 N–H and O–H groups in total. The first-order chi connectivity index (χ1) is 18.3. The topological polar surface area (TPSA) is 67.9 Å². The molecule has 0 bridgehead atoms. The SMILES string of the molecule is CCCCC(NC(=O)Cc1ccc(OCCCC(Cl)(Cl)C(=O)OC)cc1)c1ccccc1N1CCCCC1. The molecule has 0 saturated carbocycles. The van der Waals surface area contributed by atoms with Gasteiger partial charge in [0.15, 0.2) is 0 Å². The number of hydrogen-bond acceptors (Lipinski definition) is 5. The lowest BCUT2D eigenvalue weighted by Crippen LogP contribution is -2.34. The Morgan fingerprint density at radius 1 is 1.03 bits per heavy atom. The summed E-state index contributed by atoms with van der Waals surface area (Å²) in [5, 5.41) is 3.32. The van der Waals surface area contributed by atoms with Crippen LogP contribution in [0.5, 0.6) is 5.75 Å². The number of anilines is 1. The van der Waals surface area contributed by atoms with Crippen LogP contribution in [-0.4, -0.2) is 43.0 Å². The number of halogens is 2. The number of hydrogen-bond donors (Lipinski definition) is 1. The maximum atomic E-state index is 13.1. The minimum atomic E-state index is -1.57. The number of nitrogens with zero attached hydrogens (tertiary/aromatic N) is 1. The number of nitrogens with one attached hydrogen (secondary N) is 1. The van der Waals surface area contributed by atoms with Gasteiger partial charge in [0.2, 0.25) is 10.2 Å². The van der Waals surface area contributed by atoms with Gasteiger partial charge in [0.1, 0.15) is 5.75 Å². The highest BCUT2D eigenvalue weighted by atomic mass is 35.5. The molecule has 2 aromatic carbocycles. The van der Waals surface area contributed by atoms with Crippen LogP contribution in [-0.2, 0) is 20.7 Å². The van der Waals surface area contributed by atoms with Crippen molar-refractivity contribution in [3.05, 3.63) is 59.7 Å². The standard InChI is InChI=1S/C30H40Cl2N2O4/c1-3-4-12-26(25-11-6-7-13-27(25)34-19-8-5-9-20-34)33-28(35)22-23-14-16-24(17-15-23)38-21-10-18-30(31,32)29(36)37-2/h6-7,11,13-17,26H,3-5,8-10,12,18-22H2,1-2H3,(H,33,35). The van der Waals surface area contributed by atoms with Crippen LogP contribution < -0.4 is 15.0 Å². The lowest BCUT2D eigenvalue weighted by atomic mass is 9.97. The van der Waals surface area contributed by atoms with Gasteiger partial charge in [0.05, 0.1) is 26.2 Å². The van der Waals surface area contributed by atoms with Gasteiger partial charge < -0.3 is 19.7 Å². The van der Waals surface area contributed by atoms with Crippen molar-refractivity contribution in [3.8, 4) is 5.75 Å². The molecular formula is C30H40Cl2N2O4. The van der Waals surface area contributed by atoms with Crippen molar-refractivity contribution < 1.29 is 19.1 Å². The van der Waals surface area contributed by atoms with Crippen molar-refractivity contribution in [3.63, 3.8) is 0 Å². The minimum Gasteiger partial charge on any atom is -0.494 e. The van der Waals surface area contributed by atoms with Crippen LogP contribution in [0.4, 0.5) is 5.69 Å². The van der Waals surface area contributed by atoms with E-state index in [9.17, 15) is 9.59 Å². The van der Waals surface area contributed by atoms with Crippen molar-refractivity contribution in [1.29, 1.82) is 0 Å². The summed E-state index contributed by atoms with van der Waals surface area (Å²) < 4.78 is 8.77. The smallest absolute Gasteiger partial charge is 0.342 e. The molecule has 0 spiro atoms. The highest BCUT2D eigenvalue weighted by Crippen LogP contribution is 2.32. The van der Waals surface area contributed by atoms with Crippen LogP contribution in [0.15, 0.2) is 48.5 Å². The summed E-state index contributed by atoms with van der Waals surface area (Å²) in [6.07, 6.45) is 7.79. The van der Waals surface area contributed by atoms with E-state index in [-0.39, 0.29) is 18.4 Å². The number of methoxy groups -OCH3 is 1. The lowest BCUT2D eigenvalue weighted by Gasteiger charge is -2.33. The van der Waals surface area contributed by atoms with Crippen LogP contribution in [0, 0.1) is 0 Å². The van der Waals surface area contributed by atoms with E-state index in [2.05, 4.69) is 46.1 Å². The first-order valence-electron chi connectivity index (χ1n) is 13.6. The molecule has 1 aliphatic heterocycles. The number of carbonyl (C=O) groups is 2. The van der Waals surface area contributed by atoms with E-state index in [1.54, 1.807) is 0 Å². The summed E-state index contributed by atoms with van der Waals surface area (Å²) >= 11 is 12.0. The first-order valence-corrected chi connectivity index (χ1v) is 14.4. The Balaban J connectivity index is 1.55. The van der Waals surface area contributed by atoms with Gasteiger partial charge in [0, 0.05) is 18.8 Å². The summed E-state index contributed by atoms with van der Waals surface area (Å²) in [6.45, 7) is 4.68. The highest BCUT2D eigenvalue weighted by Gasteiger charge is 2.34. The predicted octanol–water partition coefficient (Wildman–Crippen LogP) is 6.77. The largest absolute Gasteiger partial charge is 0.494 e. The third-order valence-electron chi connectivity index (χ3n) is 6.87. The molecule has 1 fully saturated rings. The third-order valence-corrected chi connectivity index (χ3v) is 7.55. The number of amides is 1. The van der Waals surface area contributed by atoms with E-state index in [0.29, 0.717) is 25.2 Å². The van der Waals surface area contributed by atoms with Crippen molar-refractivity contribution >= 4 is 40.8 Å². The zero-order chi connectivity index (χ0) is 27.4. The number of rotatable bonds is 14. The zero-order valence-electron chi connectivity index (χ0n) is 22.5. The summed E-state index contributed by atoms with van der Waals surface area (Å²) in [6, 6.07) is 16.0. The van der Waals surface area contributed by atoms with Crippen LogP contribution in [0.25, 0.3) is 0 Å². The van der Waals surface area contributed by atoms with Gasteiger partial charge in [-0.2, -0.15) is 0 Å².